The molecule has 0 aliphatic heterocycles. The molecule has 0 aliphatic rings. The van der Waals surface area contributed by atoms with Gasteiger partial charge in [0.1, 0.15) is 19.3 Å². The highest BCUT2D eigenvalue weighted by atomic mass is 31.2. The summed E-state index contributed by atoms with van der Waals surface area (Å²) >= 11 is 0. The van der Waals surface area contributed by atoms with Crippen LogP contribution in [-0.4, -0.2) is 96.7 Å². The molecule has 0 rings (SSSR count). The number of unbranched alkanes of at least 4 members (excludes halogenated alkanes) is 39. The topological polar surface area (TPSA) is 237 Å². The normalized spacial score (nSPS) is 14.1. The van der Waals surface area contributed by atoms with Crippen molar-refractivity contribution in [3.05, 3.63) is 0 Å². The van der Waals surface area contributed by atoms with Crippen molar-refractivity contribution in [3.63, 3.8) is 0 Å². The number of rotatable bonds is 71. The molecule has 0 aromatic rings. The Morgan fingerprint density at radius 1 is 0.293 bits per heavy atom. The minimum atomic E-state index is -4.95. The monoisotopic (exact) mass is 1350 g/mol. The largest absolute Gasteiger partial charge is 0.472 e. The molecule has 0 amide bonds. The molecular formula is C73H142O17P2. The Hall–Kier alpha value is -1.94. The van der Waals surface area contributed by atoms with Crippen molar-refractivity contribution in [2.45, 2.75) is 388 Å². The van der Waals surface area contributed by atoms with Gasteiger partial charge in [-0.2, -0.15) is 0 Å². The molecule has 92 heavy (non-hydrogen) atoms. The molecule has 0 saturated heterocycles. The minimum absolute atomic E-state index is 0.103. The van der Waals surface area contributed by atoms with E-state index in [1.54, 1.807) is 0 Å². The molecule has 2 unspecified atom stereocenters. The van der Waals surface area contributed by atoms with Gasteiger partial charge in [-0.1, -0.05) is 318 Å². The molecule has 19 heteroatoms. The van der Waals surface area contributed by atoms with E-state index in [2.05, 4.69) is 48.5 Å². The number of carbonyl (C=O) groups is 4. The number of phosphoric ester groups is 2. The Labute approximate surface area is 562 Å². The van der Waals surface area contributed by atoms with Crippen LogP contribution < -0.4 is 0 Å². The van der Waals surface area contributed by atoms with Gasteiger partial charge in [0.05, 0.1) is 26.4 Å². The first kappa shape index (κ1) is 90.1. The van der Waals surface area contributed by atoms with Gasteiger partial charge < -0.3 is 33.8 Å². The van der Waals surface area contributed by atoms with Crippen LogP contribution in [0.4, 0.5) is 0 Å². The van der Waals surface area contributed by atoms with Crippen molar-refractivity contribution in [3.8, 4) is 0 Å². The van der Waals surface area contributed by atoms with Gasteiger partial charge in [0, 0.05) is 25.7 Å². The van der Waals surface area contributed by atoms with Crippen molar-refractivity contribution >= 4 is 39.5 Å². The third-order valence-corrected chi connectivity index (χ3v) is 18.8. The van der Waals surface area contributed by atoms with Crippen LogP contribution in [0.5, 0.6) is 0 Å². The van der Waals surface area contributed by atoms with Crippen LogP contribution in [0.2, 0.25) is 0 Å². The second kappa shape index (κ2) is 63.8. The Morgan fingerprint density at radius 2 is 0.500 bits per heavy atom. The quantitative estimate of drug-likeness (QED) is 0.0222. The van der Waals surface area contributed by atoms with Gasteiger partial charge in [-0.3, -0.25) is 37.3 Å². The first-order valence-electron chi connectivity index (χ1n) is 37.8. The maximum atomic E-state index is 13.1. The van der Waals surface area contributed by atoms with E-state index in [4.69, 9.17) is 37.0 Å². The van der Waals surface area contributed by atoms with Crippen LogP contribution >= 0.6 is 15.6 Å². The second-order valence-electron chi connectivity index (χ2n) is 27.8. The Bertz CT molecular complexity index is 1800. The maximum absolute atomic E-state index is 13.1. The lowest BCUT2D eigenvalue weighted by Gasteiger charge is -2.21. The second-order valence-corrected chi connectivity index (χ2v) is 30.7. The zero-order valence-corrected chi connectivity index (χ0v) is 61.8. The molecule has 17 nitrogen and oxygen atoms in total. The van der Waals surface area contributed by atoms with E-state index >= 15 is 0 Å². The smallest absolute Gasteiger partial charge is 0.462 e. The molecule has 0 spiro atoms. The zero-order chi connectivity index (χ0) is 68.0. The molecule has 0 aromatic heterocycles. The number of aliphatic hydroxyl groups excluding tert-OH is 1. The van der Waals surface area contributed by atoms with Crippen molar-refractivity contribution in [1.82, 2.24) is 0 Å². The van der Waals surface area contributed by atoms with Crippen molar-refractivity contribution < 1.29 is 80.2 Å². The lowest BCUT2D eigenvalue weighted by atomic mass is 10.0. The third-order valence-electron chi connectivity index (χ3n) is 16.9. The molecule has 0 heterocycles. The summed E-state index contributed by atoms with van der Waals surface area (Å²) in [4.78, 5) is 72.3. The first-order chi connectivity index (χ1) is 44.2. The van der Waals surface area contributed by atoms with Crippen LogP contribution in [0, 0.1) is 17.8 Å². The fraction of sp³-hybridized carbons (Fsp3) is 0.945. The van der Waals surface area contributed by atoms with E-state index in [0.29, 0.717) is 25.7 Å². The number of esters is 4. The zero-order valence-electron chi connectivity index (χ0n) is 60.0. The molecule has 0 bridgehead atoms. The van der Waals surface area contributed by atoms with Gasteiger partial charge in [-0.15, -0.1) is 0 Å². The molecule has 3 N–H and O–H groups in total. The van der Waals surface area contributed by atoms with Crippen molar-refractivity contribution in [1.29, 1.82) is 0 Å². The van der Waals surface area contributed by atoms with Gasteiger partial charge >= 0.3 is 39.5 Å². The standard InChI is InChI=1S/C73H142O17P2/c1-8-9-10-37-47-54-70(75)83-60-68(89-73(78)57-50-43-36-30-29-33-40-46-53-66(6)7)62-87-91(79,80)85-58-67(74)59-86-92(81,82)88-63-69(61-84-71(76)55-48-41-34-27-23-20-19-22-26-32-39-45-52-65(4)5)90-72(77)56-49-42-35-28-24-18-16-14-12-11-13-15-17-21-25-31-38-44-51-64(2)3/h64-69,74H,8-63H2,1-7H3,(H,79,80)(H,81,82)/t67-,68+,69+/m0/s1. The summed E-state index contributed by atoms with van der Waals surface area (Å²) in [5.74, 6) is 0.186. The van der Waals surface area contributed by atoms with Gasteiger partial charge in [0.15, 0.2) is 12.2 Å². The molecule has 0 aromatic carbocycles. The highest BCUT2D eigenvalue weighted by Gasteiger charge is 2.30. The van der Waals surface area contributed by atoms with E-state index < -0.39 is 97.5 Å². The Kier molecular flexibility index (Phi) is 62.4. The lowest BCUT2D eigenvalue weighted by Crippen LogP contribution is -2.30. The fourth-order valence-corrected chi connectivity index (χ4v) is 12.7. The van der Waals surface area contributed by atoms with Gasteiger partial charge in [0.2, 0.25) is 0 Å². The summed E-state index contributed by atoms with van der Waals surface area (Å²) in [5, 5.41) is 10.6. The molecule has 546 valence electrons. The van der Waals surface area contributed by atoms with E-state index in [1.807, 2.05) is 0 Å². The van der Waals surface area contributed by atoms with Crippen LogP contribution in [0.25, 0.3) is 0 Å². The van der Waals surface area contributed by atoms with Crippen LogP contribution in [0.15, 0.2) is 0 Å². The van der Waals surface area contributed by atoms with Crippen LogP contribution in [0.1, 0.15) is 370 Å². The number of hydrogen-bond acceptors (Lipinski definition) is 15. The van der Waals surface area contributed by atoms with E-state index in [9.17, 15) is 43.2 Å². The number of phosphoric acid groups is 2. The van der Waals surface area contributed by atoms with Crippen molar-refractivity contribution in [2.24, 2.45) is 17.8 Å². The van der Waals surface area contributed by atoms with Crippen LogP contribution in [0.3, 0.4) is 0 Å². The molecule has 0 aliphatic carbocycles. The average Bonchev–Trinajstić information content (AvgIpc) is 2.29. The number of ether oxygens (including phenoxy) is 4. The third kappa shape index (κ3) is 66.7. The predicted molar refractivity (Wildman–Crippen MR) is 372 cm³/mol. The van der Waals surface area contributed by atoms with Gasteiger partial charge in [-0.05, 0) is 43.4 Å². The van der Waals surface area contributed by atoms with Gasteiger partial charge in [0.25, 0.3) is 0 Å². The summed E-state index contributed by atoms with van der Waals surface area (Å²) in [6.45, 7) is 11.8. The fourth-order valence-electron chi connectivity index (χ4n) is 11.1. The number of hydrogen-bond donors (Lipinski definition) is 3. The Balaban J connectivity index is 5.12. The first-order valence-corrected chi connectivity index (χ1v) is 40.8. The summed E-state index contributed by atoms with van der Waals surface area (Å²) < 4.78 is 68.1. The van der Waals surface area contributed by atoms with Crippen LogP contribution in [-0.2, 0) is 65.4 Å². The summed E-state index contributed by atoms with van der Waals surface area (Å²) in [6.07, 6.45) is 49.1. The number of carbonyl (C=O) groups excluding carboxylic acids is 4. The molecular weight excluding hydrogens is 1210 g/mol. The summed E-state index contributed by atoms with van der Waals surface area (Å²) in [7, 11) is -9.90. The summed E-state index contributed by atoms with van der Waals surface area (Å²) in [5.41, 5.74) is 0. The molecule has 5 atom stereocenters. The van der Waals surface area contributed by atoms with Gasteiger partial charge in [-0.25, -0.2) is 9.13 Å². The maximum Gasteiger partial charge on any atom is 0.472 e. The van der Waals surface area contributed by atoms with E-state index in [-0.39, 0.29) is 25.7 Å². The SMILES string of the molecule is CCCCCCCC(=O)OC[C@H](COP(=O)(O)OC[C@H](O)COP(=O)(O)OC[C@@H](COC(=O)CCCCCCCCCCCCCCC(C)C)OC(=O)CCCCCCCCCCCCCCCCCCCCC(C)C)OC(=O)CCCCCCCCCCC(C)C. The lowest BCUT2D eigenvalue weighted by molar-refractivity contribution is -0.161. The summed E-state index contributed by atoms with van der Waals surface area (Å²) in [6, 6.07) is 0. The Morgan fingerprint density at radius 3 is 0.739 bits per heavy atom. The van der Waals surface area contributed by atoms with E-state index in [1.165, 1.54) is 173 Å². The molecule has 0 saturated carbocycles. The average molecular weight is 1350 g/mol. The predicted octanol–water partition coefficient (Wildman–Crippen LogP) is 21.0. The number of aliphatic hydroxyl groups is 1. The highest BCUT2D eigenvalue weighted by Crippen LogP contribution is 2.45. The van der Waals surface area contributed by atoms with E-state index in [0.717, 1.165) is 114 Å². The minimum Gasteiger partial charge on any atom is -0.462 e. The highest BCUT2D eigenvalue weighted by molar-refractivity contribution is 7.47. The molecule has 0 radical (unpaired) electrons. The van der Waals surface area contributed by atoms with Crippen molar-refractivity contribution in [2.75, 3.05) is 39.6 Å². The molecule has 0 fully saturated rings.